The Hall–Kier alpha value is -3.35. The first-order valence-electron chi connectivity index (χ1n) is 8.81. The number of amides is 2. The third-order valence-corrected chi connectivity index (χ3v) is 4.08. The van der Waals surface area contributed by atoms with Crippen molar-refractivity contribution >= 4 is 23.3 Å². The molecule has 0 atom stereocenters. The van der Waals surface area contributed by atoms with Gasteiger partial charge in [-0.1, -0.05) is 6.07 Å². The molecule has 2 rings (SSSR count). The summed E-state index contributed by atoms with van der Waals surface area (Å²) in [5.74, 6) is 0.439. The number of ketones is 1. The van der Waals surface area contributed by atoms with Crippen LogP contribution in [-0.2, 0) is 16.0 Å². The number of hydrogen-bond donors (Lipinski definition) is 2. The maximum atomic E-state index is 12.0. The number of Topliss-reactive ketones (excluding diaryl/α,β-unsaturated/α-hetero) is 1. The first-order chi connectivity index (χ1) is 13.4. The van der Waals surface area contributed by atoms with Crippen molar-refractivity contribution in [2.24, 2.45) is 0 Å². The largest absolute Gasteiger partial charge is 0.493 e. The number of methoxy groups -OCH3 is 2. The smallest absolute Gasteiger partial charge is 0.233 e. The Morgan fingerprint density at radius 2 is 1.57 bits per heavy atom. The highest BCUT2D eigenvalue weighted by molar-refractivity contribution is 6.03. The van der Waals surface area contributed by atoms with Crippen molar-refractivity contribution < 1.29 is 23.9 Å². The Kier molecular flexibility index (Phi) is 7.56. The van der Waals surface area contributed by atoms with Crippen molar-refractivity contribution in [1.29, 1.82) is 0 Å². The van der Waals surface area contributed by atoms with Crippen molar-refractivity contribution in [2.75, 3.05) is 26.1 Å². The van der Waals surface area contributed by atoms with Crippen molar-refractivity contribution in [3.63, 3.8) is 0 Å². The SMILES string of the molecule is COc1ccc(CCNC(=O)CC(=O)Nc2ccc(C(C)=O)cc2)cc1OC. The van der Waals surface area contributed by atoms with Crippen molar-refractivity contribution in [3.8, 4) is 11.5 Å². The molecule has 0 saturated carbocycles. The van der Waals surface area contributed by atoms with Crippen LogP contribution in [0.15, 0.2) is 42.5 Å². The Labute approximate surface area is 164 Å². The maximum Gasteiger partial charge on any atom is 0.233 e. The summed E-state index contributed by atoms with van der Waals surface area (Å²) in [7, 11) is 3.14. The Morgan fingerprint density at radius 3 is 2.18 bits per heavy atom. The lowest BCUT2D eigenvalue weighted by Crippen LogP contribution is -2.29. The normalized spacial score (nSPS) is 10.1. The fourth-order valence-electron chi connectivity index (χ4n) is 2.58. The fourth-order valence-corrected chi connectivity index (χ4v) is 2.58. The number of carbonyl (C=O) groups excluding carboxylic acids is 3. The molecule has 0 radical (unpaired) electrons. The minimum atomic E-state index is -0.417. The van der Waals surface area contributed by atoms with Gasteiger partial charge in [0.2, 0.25) is 11.8 Å². The number of anilines is 1. The number of carbonyl (C=O) groups is 3. The molecule has 0 heterocycles. The molecule has 0 bridgehead atoms. The van der Waals surface area contributed by atoms with Crippen LogP contribution in [0.25, 0.3) is 0 Å². The minimum Gasteiger partial charge on any atom is -0.493 e. The Morgan fingerprint density at radius 1 is 0.893 bits per heavy atom. The van der Waals surface area contributed by atoms with Gasteiger partial charge in [0.15, 0.2) is 17.3 Å². The van der Waals surface area contributed by atoms with Gasteiger partial charge in [0.25, 0.3) is 0 Å². The van der Waals surface area contributed by atoms with Crippen LogP contribution in [0.4, 0.5) is 5.69 Å². The second-order valence-corrected chi connectivity index (χ2v) is 6.15. The first-order valence-corrected chi connectivity index (χ1v) is 8.81. The van der Waals surface area contributed by atoms with Crippen LogP contribution in [0.5, 0.6) is 11.5 Å². The summed E-state index contributed by atoms with van der Waals surface area (Å²) in [5, 5.41) is 5.35. The van der Waals surface area contributed by atoms with Gasteiger partial charge in [-0.05, 0) is 55.3 Å². The lowest BCUT2D eigenvalue weighted by molar-refractivity contribution is -0.126. The summed E-state index contributed by atoms with van der Waals surface area (Å²) in [6, 6.07) is 12.1. The second kappa shape index (κ2) is 10.1. The summed E-state index contributed by atoms with van der Waals surface area (Å²) in [6.45, 7) is 1.87. The lowest BCUT2D eigenvalue weighted by Gasteiger charge is -2.10. The molecular weight excluding hydrogens is 360 g/mol. The number of benzene rings is 2. The Balaban J connectivity index is 1.77. The summed E-state index contributed by atoms with van der Waals surface area (Å²) in [5.41, 5.74) is 2.08. The van der Waals surface area contributed by atoms with Crippen LogP contribution >= 0.6 is 0 Å². The summed E-state index contributed by atoms with van der Waals surface area (Å²) in [6.07, 6.45) is 0.320. The quantitative estimate of drug-likeness (QED) is 0.512. The molecule has 0 unspecified atom stereocenters. The predicted molar refractivity (Wildman–Crippen MR) is 106 cm³/mol. The number of nitrogens with one attached hydrogen (secondary N) is 2. The van der Waals surface area contributed by atoms with Crippen molar-refractivity contribution in [1.82, 2.24) is 5.32 Å². The molecule has 0 fully saturated rings. The average molecular weight is 384 g/mol. The van der Waals surface area contributed by atoms with Gasteiger partial charge in [0.1, 0.15) is 6.42 Å². The third kappa shape index (κ3) is 6.12. The second-order valence-electron chi connectivity index (χ2n) is 6.15. The van der Waals surface area contributed by atoms with E-state index in [1.54, 1.807) is 44.6 Å². The van der Waals surface area contributed by atoms with Gasteiger partial charge in [-0.15, -0.1) is 0 Å². The molecule has 7 nitrogen and oxygen atoms in total. The van der Waals surface area contributed by atoms with E-state index in [9.17, 15) is 14.4 Å². The third-order valence-electron chi connectivity index (χ3n) is 4.08. The Bertz CT molecular complexity index is 846. The molecule has 2 amide bonds. The fraction of sp³-hybridized carbons (Fsp3) is 0.286. The van der Waals surface area contributed by atoms with Crippen molar-refractivity contribution in [2.45, 2.75) is 19.8 Å². The molecule has 2 aromatic carbocycles. The molecule has 0 aromatic heterocycles. The van der Waals surface area contributed by atoms with Gasteiger partial charge < -0.3 is 20.1 Å². The highest BCUT2D eigenvalue weighted by atomic mass is 16.5. The molecule has 7 heteroatoms. The van der Waals surface area contributed by atoms with Gasteiger partial charge >= 0.3 is 0 Å². The van der Waals surface area contributed by atoms with Gasteiger partial charge in [-0.3, -0.25) is 14.4 Å². The highest BCUT2D eigenvalue weighted by Crippen LogP contribution is 2.27. The van der Waals surface area contributed by atoms with E-state index in [1.165, 1.54) is 6.92 Å². The molecule has 0 aliphatic carbocycles. The predicted octanol–water partition coefficient (Wildman–Crippen LogP) is 2.59. The number of rotatable bonds is 9. The van der Waals surface area contributed by atoms with Crippen LogP contribution in [0, 0.1) is 0 Å². The van der Waals surface area contributed by atoms with Crippen LogP contribution in [0.3, 0.4) is 0 Å². The minimum absolute atomic E-state index is 0.0493. The van der Waals surface area contributed by atoms with Crippen LogP contribution in [-0.4, -0.2) is 38.4 Å². The van der Waals surface area contributed by atoms with Crippen LogP contribution in [0.2, 0.25) is 0 Å². The van der Waals surface area contributed by atoms with E-state index in [2.05, 4.69) is 10.6 Å². The molecule has 2 N–H and O–H groups in total. The number of ether oxygens (including phenoxy) is 2. The zero-order valence-electron chi connectivity index (χ0n) is 16.2. The van der Waals surface area contributed by atoms with Gasteiger partial charge in [0.05, 0.1) is 14.2 Å². The van der Waals surface area contributed by atoms with Crippen LogP contribution in [0.1, 0.15) is 29.3 Å². The standard InChI is InChI=1S/C21H24N2O5/c1-14(24)16-5-7-17(8-6-16)23-21(26)13-20(25)22-11-10-15-4-9-18(27-2)19(12-15)28-3/h4-9,12H,10-11,13H2,1-3H3,(H,22,25)(H,23,26). The maximum absolute atomic E-state index is 12.0. The topological polar surface area (TPSA) is 93.7 Å². The molecule has 148 valence electrons. The zero-order chi connectivity index (χ0) is 20.5. The van der Waals surface area contributed by atoms with Crippen LogP contribution < -0.4 is 20.1 Å². The molecule has 28 heavy (non-hydrogen) atoms. The van der Waals surface area contributed by atoms with E-state index in [4.69, 9.17) is 9.47 Å². The molecule has 0 saturated heterocycles. The number of hydrogen-bond acceptors (Lipinski definition) is 5. The molecular formula is C21H24N2O5. The average Bonchev–Trinajstić information content (AvgIpc) is 2.68. The van der Waals surface area contributed by atoms with Gasteiger partial charge in [-0.2, -0.15) is 0 Å². The summed E-state index contributed by atoms with van der Waals surface area (Å²) in [4.78, 5) is 35.1. The van der Waals surface area contributed by atoms with Crippen molar-refractivity contribution in [3.05, 3.63) is 53.6 Å². The summed E-state index contributed by atoms with van der Waals surface area (Å²) >= 11 is 0. The lowest BCUT2D eigenvalue weighted by atomic mass is 10.1. The van der Waals surface area contributed by atoms with Gasteiger partial charge in [0, 0.05) is 17.8 Å². The van der Waals surface area contributed by atoms with Gasteiger partial charge in [-0.25, -0.2) is 0 Å². The molecule has 2 aromatic rings. The molecule has 0 aliphatic rings. The molecule has 0 spiro atoms. The molecule has 0 aliphatic heterocycles. The van der Waals surface area contributed by atoms with E-state index < -0.39 is 5.91 Å². The van der Waals surface area contributed by atoms with E-state index in [0.29, 0.717) is 35.7 Å². The monoisotopic (exact) mass is 384 g/mol. The zero-order valence-corrected chi connectivity index (χ0v) is 16.2. The summed E-state index contributed by atoms with van der Waals surface area (Å²) < 4.78 is 10.4. The highest BCUT2D eigenvalue weighted by Gasteiger charge is 2.10. The first kappa shape index (κ1) is 21.0. The van der Waals surface area contributed by atoms with E-state index >= 15 is 0 Å². The van der Waals surface area contributed by atoms with E-state index in [0.717, 1.165) is 5.56 Å². The van der Waals surface area contributed by atoms with E-state index in [1.807, 2.05) is 12.1 Å². The van der Waals surface area contributed by atoms with E-state index in [-0.39, 0.29) is 18.1 Å².